The average molecular weight is 281 g/mol. The zero-order valence-electron chi connectivity index (χ0n) is 11.5. The number of nitrogens with zero attached hydrogens (tertiary/aromatic N) is 3. The van der Waals surface area contributed by atoms with Crippen molar-refractivity contribution in [2.24, 2.45) is 5.73 Å². The number of aryl methyl sites for hydroxylation is 1. The lowest BCUT2D eigenvalue weighted by atomic mass is 10.1. The highest BCUT2D eigenvalue weighted by Crippen LogP contribution is 2.24. The first kappa shape index (κ1) is 14.4. The number of aromatic nitrogens is 2. The number of carbonyl (C=O) groups is 1. The minimum Gasteiger partial charge on any atom is -0.337 e. The Labute approximate surface area is 116 Å². The first-order chi connectivity index (χ1) is 9.54. The van der Waals surface area contributed by atoms with Crippen molar-refractivity contribution in [1.82, 2.24) is 15.1 Å². The molecule has 20 heavy (non-hydrogen) atoms. The molecule has 0 saturated carbocycles. The van der Waals surface area contributed by atoms with Crippen LogP contribution >= 0.6 is 0 Å². The normalized spacial score (nSPS) is 16.4. The number of likely N-dealkylation sites (tertiary alicyclic amines) is 1. The van der Waals surface area contributed by atoms with Gasteiger partial charge in [0.25, 0.3) is 5.91 Å². The maximum absolute atomic E-state index is 12.3. The van der Waals surface area contributed by atoms with Crippen LogP contribution in [0.4, 0.5) is 5.69 Å². The molecule has 1 aromatic rings. The summed E-state index contributed by atoms with van der Waals surface area (Å²) in [5, 5.41) is 17.7. The summed E-state index contributed by atoms with van der Waals surface area (Å²) in [6.07, 6.45) is 2.67. The summed E-state index contributed by atoms with van der Waals surface area (Å²) in [4.78, 5) is 24.6. The summed E-state index contributed by atoms with van der Waals surface area (Å²) in [5.74, 6) is -0.387. The Hall–Kier alpha value is -1.96. The Morgan fingerprint density at radius 2 is 2.20 bits per heavy atom. The lowest BCUT2D eigenvalue weighted by Crippen LogP contribution is -2.43. The number of nitrogens with one attached hydrogen (secondary N) is 1. The van der Waals surface area contributed by atoms with Gasteiger partial charge in [0, 0.05) is 19.1 Å². The first-order valence-electron chi connectivity index (χ1n) is 6.81. The molecule has 2 rings (SSSR count). The van der Waals surface area contributed by atoms with E-state index < -0.39 is 4.92 Å². The van der Waals surface area contributed by atoms with Crippen molar-refractivity contribution in [2.75, 3.05) is 13.1 Å². The molecule has 1 aliphatic rings. The number of rotatable bonds is 4. The molecule has 8 heteroatoms. The van der Waals surface area contributed by atoms with Gasteiger partial charge in [-0.2, -0.15) is 5.10 Å². The Balaban J connectivity index is 2.23. The monoisotopic (exact) mass is 281 g/mol. The van der Waals surface area contributed by atoms with E-state index in [1.807, 2.05) is 6.92 Å². The third-order valence-electron chi connectivity index (χ3n) is 3.52. The Morgan fingerprint density at radius 3 is 2.75 bits per heavy atom. The van der Waals surface area contributed by atoms with Gasteiger partial charge in [-0.05, 0) is 19.3 Å². The molecule has 8 nitrogen and oxygen atoms in total. The second kappa shape index (κ2) is 6.00. The Morgan fingerprint density at radius 1 is 1.55 bits per heavy atom. The van der Waals surface area contributed by atoms with Gasteiger partial charge in [-0.1, -0.05) is 13.3 Å². The fraction of sp³-hybridized carbons (Fsp3) is 0.667. The van der Waals surface area contributed by atoms with Crippen molar-refractivity contribution >= 4 is 11.6 Å². The Kier molecular flexibility index (Phi) is 4.33. The zero-order valence-corrected chi connectivity index (χ0v) is 11.5. The molecule has 1 saturated heterocycles. The lowest BCUT2D eigenvalue weighted by Gasteiger charge is -2.29. The van der Waals surface area contributed by atoms with Gasteiger partial charge in [0.1, 0.15) is 5.69 Å². The summed E-state index contributed by atoms with van der Waals surface area (Å²) in [5.41, 5.74) is 5.92. The van der Waals surface area contributed by atoms with Crippen molar-refractivity contribution in [1.29, 1.82) is 0 Å². The van der Waals surface area contributed by atoms with Crippen LogP contribution in [0.2, 0.25) is 0 Å². The fourth-order valence-electron chi connectivity index (χ4n) is 2.39. The van der Waals surface area contributed by atoms with Crippen molar-refractivity contribution < 1.29 is 9.72 Å². The van der Waals surface area contributed by atoms with Crippen LogP contribution in [-0.4, -0.2) is 45.1 Å². The molecule has 2 heterocycles. The molecular weight excluding hydrogens is 262 g/mol. The van der Waals surface area contributed by atoms with E-state index in [9.17, 15) is 14.9 Å². The van der Waals surface area contributed by atoms with Gasteiger partial charge in [0.15, 0.2) is 0 Å². The number of H-pyrrole nitrogens is 1. The first-order valence-corrected chi connectivity index (χ1v) is 6.81. The van der Waals surface area contributed by atoms with Crippen LogP contribution in [0, 0.1) is 10.1 Å². The number of nitrogens with two attached hydrogens (primary N) is 1. The van der Waals surface area contributed by atoms with Crippen LogP contribution in [0.1, 0.15) is 42.4 Å². The highest BCUT2D eigenvalue weighted by atomic mass is 16.6. The maximum atomic E-state index is 12.3. The van der Waals surface area contributed by atoms with Gasteiger partial charge in [0.2, 0.25) is 5.69 Å². The van der Waals surface area contributed by atoms with E-state index in [1.54, 1.807) is 4.90 Å². The molecule has 0 radical (unpaired) electrons. The van der Waals surface area contributed by atoms with Gasteiger partial charge in [-0.25, -0.2) is 0 Å². The van der Waals surface area contributed by atoms with E-state index in [4.69, 9.17) is 5.73 Å². The summed E-state index contributed by atoms with van der Waals surface area (Å²) >= 11 is 0. The van der Waals surface area contributed by atoms with E-state index in [2.05, 4.69) is 10.2 Å². The number of carbonyl (C=O) groups excluding carboxylic acids is 1. The molecule has 1 aliphatic heterocycles. The fourth-order valence-corrected chi connectivity index (χ4v) is 2.39. The molecule has 0 spiro atoms. The molecule has 0 bridgehead atoms. The number of piperidine rings is 1. The lowest BCUT2D eigenvalue weighted by molar-refractivity contribution is -0.385. The van der Waals surface area contributed by atoms with Gasteiger partial charge in [-0.3, -0.25) is 20.0 Å². The van der Waals surface area contributed by atoms with Crippen molar-refractivity contribution in [2.45, 2.75) is 38.6 Å². The molecule has 0 aromatic carbocycles. The Bertz CT molecular complexity index is 505. The van der Waals surface area contributed by atoms with E-state index in [0.717, 1.165) is 6.42 Å². The molecule has 0 atom stereocenters. The van der Waals surface area contributed by atoms with Crippen LogP contribution in [-0.2, 0) is 6.42 Å². The number of nitro groups is 1. The predicted molar refractivity (Wildman–Crippen MR) is 72.4 cm³/mol. The molecular formula is C12H19N5O3. The molecule has 0 aliphatic carbocycles. The minimum absolute atomic E-state index is 0.0890. The number of amides is 1. The number of aromatic amines is 1. The predicted octanol–water partition coefficient (Wildman–Crippen LogP) is 0.834. The molecule has 1 fully saturated rings. The topological polar surface area (TPSA) is 118 Å². The number of hydrogen-bond donors (Lipinski definition) is 2. The second-order valence-corrected chi connectivity index (χ2v) is 5.04. The highest BCUT2D eigenvalue weighted by Gasteiger charge is 2.32. The summed E-state index contributed by atoms with van der Waals surface area (Å²) in [7, 11) is 0. The third-order valence-corrected chi connectivity index (χ3v) is 3.52. The zero-order chi connectivity index (χ0) is 14.7. The quantitative estimate of drug-likeness (QED) is 0.626. The van der Waals surface area contributed by atoms with Crippen LogP contribution in [0.3, 0.4) is 0 Å². The van der Waals surface area contributed by atoms with Gasteiger partial charge < -0.3 is 10.6 Å². The van der Waals surface area contributed by atoms with Crippen LogP contribution in [0.15, 0.2) is 0 Å². The van der Waals surface area contributed by atoms with Gasteiger partial charge in [0.05, 0.1) is 4.92 Å². The number of hydrogen-bond acceptors (Lipinski definition) is 5. The van der Waals surface area contributed by atoms with E-state index >= 15 is 0 Å². The molecule has 3 N–H and O–H groups in total. The molecule has 1 amide bonds. The molecule has 1 aromatic heterocycles. The van der Waals surface area contributed by atoms with Crippen molar-refractivity contribution in [3.63, 3.8) is 0 Å². The van der Waals surface area contributed by atoms with Crippen molar-refractivity contribution in [3.8, 4) is 0 Å². The third kappa shape index (κ3) is 2.79. The summed E-state index contributed by atoms with van der Waals surface area (Å²) in [6.45, 7) is 2.96. The van der Waals surface area contributed by atoms with Crippen LogP contribution in [0.5, 0.6) is 0 Å². The van der Waals surface area contributed by atoms with Crippen molar-refractivity contribution in [3.05, 3.63) is 21.5 Å². The highest BCUT2D eigenvalue weighted by molar-refractivity contribution is 5.96. The second-order valence-electron chi connectivity index (χ2n) is 5.04. The summed E-state index contributed by atoms with van der Waals surface area (Å²) < 4.78 is 0. The SMILES string of the molecule is CCCc1[nH]nc(C(=O)N2CCC(N)CC2)c1[N+](=O)[O-]. The van der Waals surface area contributed by atoms with Crippen LogP contribution < -0.4 is 5.73 Å². The smallest absolute Gasteiger partial charge is 0.322 e. The van der Waals surface area contributed by atoms with E-state index in [-0.39, 0.29) is 23.3 Å². The summed E-state index contributed by atoms with van der Waals surface area (Å²) in [6, 6.07) is 0.101. The maximum Gasteiger partial charge on any atom is 0.322 e. The minimum atomic E-state index is -0.530. The molecule has 110 valence electrons. The largest absolute Gasteiger partial charge is 0.337 e. The van der Waals surface area contributed by atoms with Gasteiger partial charge >= 0.3 is 5.69 Å². The van der Waals surface area contributed by atoms with E-state index in [1.165, 1.54) is 0 Å². The standard InChI is InChI=1S/C12H19N5O3/c1-2-3-9-11(17(19)20)10(15-14-9)12(18)16-6-4-8(13)5-7-16/h8H,2-7,13H2,1H3,(H,14,15). The van der Waals surface area contributed by atoms with E-state index in [0.29, 0.717) is 38.0 Å². The average Bonchev–Trinajstić information content (AvgIpc) is 2.83. The molecule has 0 unspecified atom stereocenters. The van der Waals surface area contributed by atoms with Crippen LogP contribution in [0.25, 0.3) is 0 Å². The van der Waals surface area contributed by atoms with Gasteiger partial charge in [-0.15, -0.1) is 0 Å².